The summed E-state index contributed by atoms with van der Waals surface area (Å²) >= 11 is 0. The first-order valence-electron chi connectivity index (χ1n) is 9.18. The molecule has 2 aromatic rings. The molecule has 0 radical (unpaired) electrons. The number of hydrogen-bond acceptors (Lipinski definition) is 5. The van der Waals surface area contributed by atoms with E-state index >= 15 is 0 Å². The van der Waals surface area contributed by atoms with E-state index in [0.29, 0.717) is 12.3 Å². The summed E-state index contributed by atoms with van der Waals surface area (Å²) in [6.45, 7) is 5.48. The number of fused-ring (bicyclic) bond motifs is 1. The van der Waals surface area contributed by atoms with Gasteiger partial charge in [0.25, 0.3) is 0 Å². The molecule has 0 aromatic heterocycles. The Labute approximate surface area is 154 Å². The predicted octanol–water partition coefficient (Wildman–Crippen LogP) is 3.61. The van der Waals surface area contributed by atoms with Crippen molar-refractivity contribution in [1.29, 1.82) is 0 Å². The van der Waals surface area contributed by atoms with E-state index in [-0.39, 0.29) is 12.9 Å². The summed E-state index contributed by atoms with van der Waals surface area (Å²) in [6.07, 6.45) is 2.48. The zero-order chi connectivity index (χ0) is 17.9. The largest absolute Gasteiger partial charge is 0.508 e. The monoisotopic (exact) mass is 355 g/mol. The van der Waals surface area contributed by atoms with Crippen LogP contribution in [0.5, 0.6) is 17.2 Å². The van der Waals surface area contributed by atoms with Gasteiger partial charge in [0.1, 0.15) is 5.75 Å². The molecule has 2 aromatic carbocycles. The van der Waals surface area contributed by atoms with E-state index < -0.39 is 0 Å². The maximum Gasteiger partial charge on any atom is 0.231 e. The quantitative estimate of drug-likeness (QED) is 0.858. The van der Waals surface area contributed by atoms with Gasteiger partial charge in [-0.05, 0) is 43.5 Å². The van der Waals surface area contributed by atoms with Crippen LogP contribution in [0.1, 0.15) is 29.5 Å². The van der Waals surface area contributed by atoms with Crippen molar-refractivity contribution in [3.05, 3.63) is 53.1 Å². The van der Waals surface area contributed by atoms with Gasteiger partial charge in [-0.3, -0.25) is 4.90 Å². The molecule has 1 saturated heterocycles. The topological polar surface area (TPSA) is 51.2 Å². The number of aromatic hydroxyl groups is 1. The molecule has 2 aliphatic rings. The average Bonchev–Trinajstić information content (AvgIpc) is 3.29. The lowest BCUT2D eigenvalue weighted by molar-refractivity contribution is 0.0676. The standard InChI is InChI=1S/C21H25NO4/c1-15-4-6-19(23)17(9-15)12-22(13-18-3-2-8-24-18)11-16-5-7-20-21(10-16)26-14-25-20/h4-7,9-10,18,23H,2-3,8,11-14H2,1H3. The Kier molecular flexibility index (Phi) is 5.00. The lowest BCUT2D eigenvalue weighted by Gasteiger charge is -2.26. The predicted molar refractivity (Wildman–Crippen MR) is 98.5 cm³/mol. The molecule has 1 N–H and O–H groups in total. The molecule has 4 rings (SSSR count). The van der Waals surface area contributed by atoms with Crippen molar-refractivity contribution in [3.8, 4) is 17.2 Å². The normalized spacial score (nSPS) is 18.6. The lowest BCUT2D eigenvalue weighted by Crippen LogP contribution is -2.31. The van der Waals surface area contributed by atoms with Crippen LogP contribution < -0.4 is 9.47 Å². The highest BCUT2D eigenvalue weighted by atomic mass is 16.7. The summed E-state index contributed by atoms with van der Waals surface area (Å²) in [6, 6.07) is 11.8. The molecule has 1 unspecified atom stereocenters. The highest BCUT2D eigenvalue weighted by Gasteiger charge is 2.21. The van der Waals surface area contributed by atoms with E-state index in [1.807, 2.05) is 25.1 Å². The van der Waals surface area contributed by atoms with Crippen LogP contribution >= 0.6 is 0 Å². The fourth-order valence-electron chi connectivity index (χ4n) is 3.64. The first kappa shape index (κ1) is 17.2. The SMILES string of the molecule is Cc1ccc(O)c(CN(Cc2ccc3c(c2)OCO3)CC2CCCO2)c1. The average molecular weight is 355 g/mol. The summed E-state index contributed by atoms with van der Waals surface area (Å²) in [4.78, 5) is 2.34. The number of rotatable bonds is 6. The minimum Gasteiger partial charge on any atom is -0.508 e. The molecule has 0 saturated carbocycles. The number of aryl methyl sites for hydroxylation is 1. The highest BCUT2D eigenvalue weighted by molar-refractivity contribution is 5.44. The van der Waals surface area contributed by atoms with Crippen LogP contribution in [0, 0.1) is 6.92 Å². The fourth-order valence-corrected chi connectivity index (χ4v) is 3.64. The number of hydrogen-bond donors (Lipinski definition) is 1. The fraction of sp³-hybridized carbons (Fsp3) is 0.429. The van der Waals surface area contributed by atoms with Crippen molar-refractivity contribution in [2.24, 2.45) is 0 Å². The molecule has 5 heteroatoms. The van der Waals surface area contributed by atoms with Gasteiger partial charge in [-0.1, -0.05) is 23.8 Å². The third-order valence-electron chi connectivity index (χ3n) is 4.96. The van der Waals surface area contributed by atoms with Gasteiger partial charge in [-0.2, -0.15) is 0 Å². The molecule has 5 nitrogen and oxygen atoms in total. The van der Waals surface area contributed by atoms with Crippen molar-refractivity contribution in [2.45, 2.75) is 39.0 Å². The van der Waals surface area contributed by atoms with Gasteiger partial charge < -0.3 is 19.3 Å². The number of phenols is 1. The number of phenolic OH excluding ortho intramolecular Hbond substituents is 1. The molecule has 0 aliphatic carbocycles. The second-order valence-corrected chi connectivity index (χ2v) is 7.12. The Morgan fingerprint density at radius 2 is 1.96 bits per heavy atom. The van der Waals surface area contributed by atoms with Crippen LogP contribution in [0.2, 0.25) is 0 Å². The third kappa shape index (κ3) is 3.94. The minimum atomic E-state index is 0.260. The maximum atomic E-state index is 10.2. The summed E-state index contributed by atoms with van der Waals surface area (Å²) in [5, 5.41) is 10.2. The summed E-state index contributed by atoms with van der Waals surface area (Å²) < 4.78 is 16.7. The molecule has 2 aliphatic heterocycles. The second kappa shape index (κ2) is 7.56. The van der Waals surface area contributed by atoms with E-state index in [9.17, 15) is 5.11 Å². The van der Waals surface area contributed by atoms with Gasteiger partial charge in [0, 0.05) is 31.8 Å². The number of benzene rings is 2. The van der Waals surface area contributed by atoms with E-state index in [0.717, 1.165) is 55.2 Å². The maximum absolute atomic E-state index is 10.2. The molecule has 2 heterocycles. The smallest absolute Gasteiger partial charge is 0.231 e. The first-order valence-corrected chi connectivity index (χ1v) is 9.18. The van der Waals surface area contributed by atoms with Gasteiger partial charge in [-0.25, -0.2) is 0 Å². The summed E-state index contributed by atoms with van der Waals surface area (Å²) in [5.74, 6) is 1.95. The van der Waals surface area contributed by atoms with Crippen LogP contribution in [0.4, 0.5) is 0 Å². The van der Waals surface area contributed by atoms with Crippen molar-refractivity contribution < 1.29 is 19.3 Å². The molecule has 0 spiro atoms. The van der Waals surface area contributed by atoms with Crippen molar-refractivity contribution in [1.82, 2.24) is 4.90 Å². The Hall–Kier alpha value is -2.24. The van der Waals surface area contributed by atoms with E-state index in [1.54, 1.807) is 6.07 Å². The van der Waals surface area contributed by atoms with Gasteiger partial charge in [0.15, 0.2) is 11.5 Å². The molecular weight excluding hydrogens is 330 g/mol. The number of nitrogens with zero attached hydrogens (tertiary/aromatic N) is 1. The van der Waals surface area contributed by atoms with E-state index in [4.69, 9.17) is 14.2 Å². The molecule has 0 bridgehead atoms. The Balaban J connectivity index is 1.52. The molecule has 1 atom stereocenters. The van der Waals surface area contributed by atoms with E-state index in [2.05, 4.69) is 17.0 Å². The second-order valence-electron chi connectivity index (χ2n) is 7.12. The van der Waals surface area contributed by atoms with Gasteiger partial charge in [0.2, 0.25) is 6.79 Å². The Morgan fingerprint density at radius 1 is 1.08 bits per heavy atom. The Morgan fingerprint density at radius 3 is 2.81 bits per heavy atom. The third-order valence-corrected chi connectivity index (χ3v) is 4.96. The summed E-state index contributed by atoms with van der Waals surface area (Å²) in [5.41, 5.74) is 3.26. The molecular formula is C21H25NO4. The molecule has 1 fully saturated rings. The summed E-state index contributed by atoms with van der Waals surface area (Å²) in [7, 11) is 0. The van der Waals surface area contributed by atoms with Crippen LogP contribution in [0.3, 0.4) is 0 Å². The molecule has 138 valence electrons. The van der Waals surface area contributed by atoms with Gasteiger partial charge in [-0.15, -0.1) is 0 Å². The molecule has 0 amide bonds. The molecule has 26 heavy (non-hydrogen) atoms. The Bertz CT molecular complexity index is 771. The van der Waals surface area contributed by atoms with Crippen molar-refractivity contribution in [2.75, 3.05) is 19.9 Å². The van der Waals surface area contributed by atoms with Crippen LogP contribution in [-0.4, -0.2) is 36.1 Å². The van der Waals surface area contributed by atoms with Crippen molar-refractivity contribution in [3.63, 3.8) is 0 Å². The zero-order valence-corrected chi connectivity index (χ0v) is 15.1. The van der Waals surface area contributed by atoms with Crippen LogP contribution in [-0.2, 0) is 17.8 Å². The van der Waals surface area contributed by atoms with Gasteiger partial charge in [0.05, 0.1) is 6.10 Å². The minimum absolute atomic E-state index is 0.260. The van der Waals surface area contributed by atoms with Crippen molar-refractivity contribution >= 4 is 0 Å². The number of ether oxygens (including phenoxy) is 3. The lowest BCUT2D eigenvalue weighted by atomic mass is 10.1. The highest BCUT2D eigenvalue weighted by Crippen LogP contribution is 2.33. The first-order chi connectivity index (χ1) is 12.7. The van der Waals surface area contributed by atoms with Crippen LogP contribution in [0.25, 0.3) is 0 Å². The zero-order valence-electron chi connectivity index (χ0n) is 15.1. The van der Waals surface area contributed by atoms with E-state index in [1.165, 1.54) is 5.56 Å². The van der Waals surface area contributed by atoms with Gasteiger partial charge >= 0.3 is 0 Å². The van der Waals surface area contributed by atoms with Crippen LogP contribution in [0.15, 0.2) is 36.4 Å².